The highest BCUT2D eigenvalue weighted by Crippen LogP contribution is 2.31. The summed E-state index contributed by atoms with van der Waals surface area (Å²) in [4.78, 5) is 1.40. The zero-order valence-electron chi connectivity index (χ0n) is 7.66. The molecule has 2 atom stereocenters. The van der Waals surface area contributed by atoms with E-state index in [2.05, 4.69) is 44.0 Å². The second-order valence-electron chi connectivity index (χ2n) is 3.28. The summed E-state index contributed by atoms with van der Waals surface area (Å²) in [5.41, 5.74) is 0. The van der Waals surface area contributed by atoms with Crippen molar-refractivity contribution >= 4 is 24.0 Å². The van der Waals surface area contributed by atoms with Gasteiger partial charge in [0.25, 0.3) is 0 Å². The molecule has 0 N–H and O–H groups in total. The molecular formula is C10H16S2. The lowest BCUT2D eigenvalue weighted by Gasteiger charge is -2.13. The third-order valence-corrected chi connectivity index (χ3v) is 3.84. The smallest absolute Gasteiger partial charge is 0.0363 e. The minimum Gasteiger partial charge on any atom is -0.170 e. The zero-order chi connectivity index (χ0) is 8.97. The Balaban J connectivity index is 2.44. The average molecular weight is 200 g/mol. The number of hydrogen-bond acceptors (Lipinski definition) is 2. The maximum absolute atomic E-state index is 4.59. The minimum atomic E-state index is 0.444. The topological polar surface area (TPSA) is 0 Å². The fraction of sp³-hybridized carbons (Fsp3) is 0.600. The Bertz CT molecular complexity index is 204. The van der Waals surface area contributed by atoms with Crippen LogP contribution < -0.4 is 0 Å². The maximum atomic E-state index is 4.59. The van der Waals surface area contributed by atoms with Gasteiger partial charge in [-0.1, -0.05) is 26.3 Å². The van der Waals surface area contributed by atoms with Gasteiger partial charge in [-0.2, -0.15) is 12.6 Å². The summed E-state index contributed by atoms with van der Waals surface area (Å²) in [7, 11) is 0. The van der Waals surface area contributed by atoms with Gasteiger partial charge in [0.2, 0.25) is 0 Å². The molecule has 0 radical (unpaired) electrons. The van der Waals surface area contributed by atoms with Crippen LogP contribution in [-0.4, -0.2) is 0 Å². The Kier molecular flexibility index (Phi) is 4.16. The van der Waals surface area contributed by atoms with Gasteiger partial charge in [0.15, 0.2) is 0 Å². The summed E-state index contributed by atoms with van der Waals surface area (Å²) in [6.07, 6.45) is 2.45. The number of rotatable bonds is 4. The standard InChI is InChI=1S/C10H16S2/c1-3-8(2)7-9(11)10-5-4-6-12-10/h4-6,8-9,11H,3,7H2,1-2H3. The van der Waals surface area contributed by atoms with Crippen molar-refractivity contribution in [3.05, 3.63) is 22.4 Å². The van der Waals surface area contributed by atoms with E-state index in [1.54, 1.807) is 0 Å². The highest BCUT2D eigenvalue weighted by Gasteiger charge is 2.10. The Labute approximate surface area is 84.4 Å². The zero-order valence-corrected chi connectivity index (χ0v) is 9.37. The first-order chi connectivity index (χ1) is 5.74. The van der Waals surface area contributed by atoms with Crippen molar-refractivity contribution in [3.8, 4) is 0 Å². The Morgan fingerprint density at radius 1 is 1.58 bits per heavy atom. The number of hydrogen-bond donors (Lipinski definition) is 1. The lowest BCUT2D eigenvalue weighted by molar-refractivity contribution is 0.514. The quantitative estimate of drug-likeness (QED) is 0.693. The molecule has 0 nitrogen and oxygen atoms in total. The van der Waals surface area contributed by atoms with Crippen molar-refractivity contribution in [3.63, 3.8) is 0 Å². The Morgan fingerprint density at radius 3 is 2.83 bits per heavy atom. The molecule has 0 aliphatic heterocycles. The summed E-state index contributed by atoms with van der Waals surface area (Å²) in [6.45, 7) is 4.52. The van der Waals surface area contributed by atoms with Crippen LogP contribution in [0.2, 0.25) is 0 Å². The largest absolute Gasteiger partial charge is 0.170 e. The molecule has 2 heteroatoms. The molecule has 0 saturated carbocycles. The summed E-state index contributed by atoms with van der Waals surface area (Å²) < 4.78 is 0. The first-order valence-corrected chi connectivity index (χ1v) is 5.85. The summed E-state index contributed by atoms with van der Waals surface area (Å²) >= 11 is 6.40. The van der Waals surface area contributed by atoms with Gasteiger partial charge in [0.1, 0.15) is 0 Å². The number of thiol groups is 1. The van der Waals surface area contributed by atoms with Crippen molar-refractivity contribution in [2.24, 2.45) is 5.92 Å². The normalized spacial score (nSPS) is 15.9. The van der Waals surface area contributed by atoms with Crippen molar-refractivity contribution in [1.29, 1.82) is 0 Å². The fourth-order valence-corrected chi connectivity index (χ4v) is 2.50. The van der Waals surface area contributed by atoms with E-state index >= 15 is 0 Å². The molecule has 1 aromatic heterocycles. The first-order valence-electron chi connectivity index (χ1n) is 4.45. The second kappa shape index (κ2) is 4.93. The molecule has 0 amide bonds. The molecule has 0 aromatic carbocycles. The molecule has 0 aliphatic rings. The van der Waals surface area contributed by atoms with E-state index < -0.39 is 0 Å². The Hall–Kier alpha value is 0.0500. The SMILES string of the molecule is CCC(C)CC(S)c1cccs1. The lowest BCUT2D eigenvalue weighted by atomic mass is 10.0. The van der Waals surface area contributed by atoms with Gasteiger partial charge in [-0.25, -0.2) is 0 Å². The highest BCUT2D eigenvalue weighted by atomic mass is 32.1. The van der Waals surface area contributed by atoms with Crippen molar-refractivity contribution in [1.82, 2.24) is 0 Å². The molecule has 1 aromatic rings. The van der Waals surface area contributed by atoms with E-state index in [9.17, 15) is 0 Å². The molecule has 0 saturated heterocycles. The van der Waals surface area contributed by atoms with E-state index in [0.29, 0.717) is 5.25 Å². The maximum Gasteiger partial charge on any atom is 0.0363 e. The van der Waals surface area contributed by atoms with Gasteiger partial charge < -0.3 is 0 Å². The van der Waals surface area contributed by atoms with Crippen LogP contribution in [0.4, 0.5) is 0 Å². The Morgan fingerprint density at radius 2 is 2.33 bits per heavy atom. The monoisotopic (exact) mass is 200 g/mol. The van der Waals surface area contributed by atoms with E-state index in [0.717, 1.165) is 5.92 Å². The predicted molar refractivity (Wildman–Crippen MR) is 60.1 cm³/mol. The van der Waals surface area contributed by atoms with Gasteiger partial charge in [-0.15, -0.1) is 11.3 Å². The minimum absolute atomic E-state index is 0.444. The van der Waals surface area contributed by atoms with E-state index in [-0.39, 0.29) is 0 Å². The third-order valence-electron chi connectivity index (χ3n) is 2.19. The van der Waals surface area contributed by atoms with Crippen LogP contribution in [0.25, 0.3) is 0 Å². The molecular weight excluding hydrogens is 184 g/mol. The molecule has 2 unspecified atom stereocenters. The van der Waals surface area contributed by atoms with Gasteiger partial charge >= 0.3 is 0 Å². The highest BCUT2D eigenvalue weighted by molar-refractivity contribution is 7.80. The molecule has 0 spiro atoms. The predicted octanol–water partition coefficient (Wildman–Crippen LogP) is 4.16. The van der Waals surface area contributed by atoms with E-state index in [1.807, 2.05) is 11.3 Å². The first kappa shape index (κ1) is 10.1. The summed E-state index contributed by atoms with van der Waals surface area (Å²) in [6, 6.07) is 4.27. The molecule has 1 rings (SSSR count). The van der Waals surface area contributed by atoms with Crippen molar-refractivity contribution in [2.45, 2.75) is 31.9 Å². The van der Waals surface area contributed by atoms with Crippen molar-refractivity contribution < 1.29 is 0 Å². The van der Waals surface area contributed by atoms with Crippen molar-refractivity contribution in [2.75, 3.05) is 0 Å². The van der Waals surface area contributed by atoms with Crippen LogP contribution in [0.1, 0.15) is 36.8 Å². The molecule has 12 heavy (non-hydrogen) atoms. The van der Waals surface area contributed by atoms with Crippen LogP contribution in [0, 0.1) is 5.92 Å². The van der Waals surface area contributed by atoms with Crippen LogP contribution >= 0.6 is 24.0 Å². The summed E-state index contributed by atoms with van der Waals surface area (Å²) in [5.74, 6) is 0.787. The second-order valence-corrected chi connectivity index (χ2v) is 4.88. The van der Waals surface area contributed by atoms with E-state index in [1.165, 1.54) is 17.7 Å². The average Bonchev–Trinajstić information content (AvgIpc) is 2.56. The van der Waals surface area contributed by atoms with Crippen LogP contribution in [0.15, 0.2) is 17.5 Å². The van der Waals surface area contributed by atoms with Gasteiger partial charge in [-0.3, -0.25) is 0 Å². The van der Waals surface area contributed by atoms with Gasteiger partial charge in [-0.05, 0) is 23.8 Å². The molecule has 0 bridgehead atoms. The molecule has 1 heterocycles. The summed E-state index contributed by atoms with van der Waals surface area (Å²) in [5, 5.41) is 2.56. The molecule has 68 valence electrons. The third kappa shape index (κ3) is 2.83. The van der Waals surface area contributed by atoms with Crippen LogP contribution in [-0.2, 0) is 0 Å². The molecule has 0 fully saturated rings. The van der Waals surface area contributed by atoms with Crippen LogP contribution in [0.5, 0.6) is 0 Å². The van der Waals surface area contributed by atoms with E-state index in [4.69, 9.17) is 0 Å². The lowest BCUT2D eigenvalue weighted by Crippen LogP contribution is -1.97. The fourth-order valence-electron chi connectivity index (χ4n) is 1.14. The number of thiophene rings is 1. The van der Waals surface area contributed by atoms with Crippen LogP contribution in [0.3, 0.4) is 0 Å². The van der Waals surface area contributed by atoms with Gasteiger partial charge in [0.05, 0.1) is 0 Å². The van der Waals surface area contributed by atoms with Gasteiger partial charge in [0, 0.05) is 10.1 Å². The molecule has 0 aliphatic carbocycles.